The normalized spacial score (nSPS) is 11.0. The Kier molecular flexibility index (Phi) is 6.63. The molecule has 0 unspecified atom stereocenters. The van der Waals surface area contributed by atoms with Gasteiger partial charge in [-0.25, -0.2) is 8.42 Å². The summed E-state index contributed by atoms with van der Waals surface area (Å²) in [6.45, 7) is 2.06. The highest BCUT2D eigenvalue weighted by Gasteiger charge is 2.19. The van der Waals surface area contributed by atoms with Crippen molar-refractivity contribution in [3.8, 4) is 5.75 Å². The van der Waals surface area contributed by atoms with E-state index in [0.717, 1.165) is 23.9 Å². The molecule has 0 radical (unpaired) electrons. The van der Waals surface area contributed by atoms with Crippen molar-refractivity contribution in [1.29, 1.82) is 0 Å². The molecule has 0 bridgehead atoms. The summed E-state index contributed by atoms with van der Waals surface area (Å²) >= 11 is 0. The first-order valence-electron chi connectivity index (χ1n) is 8.34. The van der Waals surface area contributed by atoms with Crippen LogP contribution < -0.4 is 14.4 Å². The van der Waals surface area contributed by atoms with Gasteiger partial charge in [0.05, 0.1) is 19.1 Å². The van der Waals surface area contributed by atoms with Crippen molar-refractivity contribution >= 4 is 27.3 Å². The Morgan fingerprint density at radius 2 is 1.88 bits per heavy atom. The molecule has 1 amide bonds. The SMILES string of the molecule is CCc1ccccc1NC(=O)CCN(c1cccc(OC)c1)S(C)(=O)=O. The zero-order chi connectivity index (χ0) is 19.2. The molecule has 0 aliphatic carbocycles. The largest absolute Gasteiger partial charge is 0.497 e. The van der Waals surface area contributed by atoms with Gasteiger partial charge in [0.1, 0.15) is 5.75 Å². The number of anilines is 2. The summed E-state index contributed by atoms with van der Waals surface area (Å²) in [6.07, 6.45) is 1.97. The number of hydrogen-bond acceptors (Lipinski definition) is 4. The Hall–Kier alpha value is -2.54. The van der Waals surface area contributed by atoms with Crippen LogP contribution in [0.5, 0.6) is 5.75 Å². The lowest BCUT2D eigenvalue weighted by Gasteiger charge is -2.22. The number of amides is 1. The third-order valence-corrected chi connectivity index (χ3v) is 5.15. The predicted molar refractivity (Wildman–Crippen MR) is 104 cm³/mol. The monoisotopic (exact) mass is 376 g/mol. The van der Waals surface area contributed by atoms with Gasteiger partial charge in [0.2, 0.25) is 15.9 Å². The van der Waals surface area contributed by atoms with Crippen LogP contribution in [0.3, 0.4) is 0 Å². The maximum atomic E-state index is 12.3. The fourth-order valence-electron chi connectivity index (χ4n) is 2.62. The van der Waals surface area contributed by atoms with Gasteiger partial charge < -0.3 is 10.1 Å². The number of para-hydroxylation sites is 1. The molecule has 2 aromatic rings. The van der Waals surface area contributed by atoms with Crippen LogP contribution in [0.25, 0.3) is 0 Å². The Bertz CT molecular complexity index is 865. The van der Waals surface area contributed by atoms with E-state index in [1.807, 2.05) is 31.2 Å². The molecule has 0 saturated carbocycles. The smallest absolute Gasteiger partial charge is 0.232 e. The summed E-state index contributed by atoms with van der Waals surface area (Å²) in [5.74, 6) is 0.319. The zero-order valence-corrected chi connectivity index (χ0v) is 16.0. The molecule has 0 aliphatic rings. The molecule has 6 nitrogen and oxygen atoms in total. The number of hydrogen-bond donors (Lipinski definition) is 1. The average molecular weight is 376 g/mol. The number of sulfonamides is 1. The fourth-order valence-corrected chi connectivity index (χ4v) is 3.54. The van der Waals surface area contributed by atoms with Crippen LogP contribution in [0.15, 0.2) is 48.5 Å². The molecule has 2 rings (SSSR count). The molecule has 2 aromatic carbocycles. The van der Waals surface area contributed by atoms with E-state index in [-0.39, 0.29) is 18.9 Å². The van der Waals surface area contributed by atoms with Crippen molar-refractivity contribution in [3.05, 3.63) is 54.1 Å². The number of nitrogens with one attached hydrogen (secondary N) is 1. The van der Waals surface area contributed by atoms with Gasteiger partial charge in [0, 0.05) is 24.7 Å². The Labute approximate surface area is 154 Å². The minimum Gasteiger partial charge on any atom is -0.497 e. The van der Waals surface area contributed by atoms with Crippen LogP contribution in [0.2, 0.25) is 0 Å². The van der Waals surface area contributed by atoms with Gasteiger partial charge in [-0.3, -0.25) is 9.10 Å². The van der Waals surface area contributed by atoms with Crippen molar-refractivity contribution < 1.29 is 17.9 Å². The number of nitrogens with zero attached hydrogens (tertiary/aromatic N) is 1. The Balaban J connectivity index is 2.11. The second-order valence-electron chi connectivity index (χ2n) is 5.85. The highest BCUT2D eigenvalue weighted by Crippen LogP contribution is 2.23. The summed E-state index contributed by atoms with van der Waals surface area (Å²) in [4.78, 5) is 12.3. The minimum absolute atomic E-state index is 0.0440. The third kappa shape index (κ3) is 5.23. The number of aryl methyl sites for hydroxylation is 1. The van der Waals surface area contributed by atoms with Gasteiger partial charge in [-0.1, -0.05) is 31.2 Å². The topological polar surface area (TPSA) is 75.7 Å². The molecule has 140 valence electrons. The quantitative estimate of drug-likeness (QED) is 0.768. The number of benzene rings is 2. The highest BCUT2D eigenvalue weighted by atomic mass is 32.2. The van der Waals surface area contributed by atoms with Crippen molar-refractivity contribution in [2.75, 3.05) is 29.5 Å². The number of carbonyl (C=O) groups is 1. The Morgan fingerprint density at radius 3 is 2.54 bits per heavy atom. The number of ether oxygens (including phenoxy) is 1. The van der Waals surface area contributed by atoms with Crippen LogP contribution >= 0.6 is 0 Å². The number of rotatable bonds is 8. The molecule has 0 aromatic heterocycles. The van der Waals surface area contributed by atoms with E-state index in [2.05, 4.69) is 5.32 Å². The second kappa shape index (κ2) is 8.71. The Morgan fingerprint density at radius 1 is 1.15 bits per heavy atom. The molecule has 7 heteroatoms. The molecule has 26 heavy (non-hydrogen) atoms. The number of methoxy groups -OCH3 is 1. The van der Waals surface area contributed by atoms with E-state index in [9.17, 15) is 13.2 Å². The van der Waals surface area contributed by atoms with Gasteiger partial charge in [-0.05, 0) is 30.2 Å². The molecule has 0 spiro atoms. The molecule has 0 fully saturated rings. The summed E-state index contributed by atoms with van der Waals surface area (Å²) in [6, 6.07) is 14.3. The van der Waals surface area contributed by atoms with Crippen LogP contribution in [-0.2, 0) is 21.2 Å². The first-order valence-corrected chi connectivity index (χ1v) is 10.2. The zero-order valence-electron chi connectivity index (χ0n) is 15.2. The van der Waals surface area contributed by atoms with E-state index >= 15 is 0 Å². The fraction of sp³-hybridized carbons (Fsp3) is 0.316. The summed E-state index contributed by atoms with van der Waals surface area (Å²) < 4.78 is 30.7. The van der Waals surface area contributed by atoms with Gasteiger partial charge in [0.15, 0.2) is 0 Å². The van der Waals surface area contributed by atoms with Gasteiger partial charge in [-0.2, -0.15) is 0 Å². The maximum absolute atomic E-state index is 12.3. The van der Waals surface area contributed by atoms with E-state index in [0.29, 0.717) is 11.4 Å². The van der Waals surface area contributed by atoms with Crippen molar-refractivity contribution in [3.63, 3.8) is 0 Å². The van der Waals surface area contributed by atoms with Crippen LogP contribution in [-0.4, -0.2) is 34.2 Å². The molecule has 1 N–H and O–H groups in total. The first-order chi connectivity index (χ1) is 12.3. The van der Waals surface area contributed by atoms with Crippen molar-refractivity contribution in [2.24, 2.45) is 0 Å². The lowest BCUT2D eigenvalue weighted by Crippen LogP contribution is -2.33. The molecule has 0 heterocycles. The summed E-state index contributed by atoms with van der Waals surface area (Å²) in [7, 11) is -2.01. The minimum atomic E-state index is -3.53. The summed E-state index contributed by atoms with van der Waals surface area (Å²) in [5, 5.41) is 2.86. The maximum Gasteiger partial charge on any atom is 0.232 e. The van der Waals surface area contributed by atoms with Gasteiger partial charge in [0.25, 0.3) is 0 Å². The van der Waals surface area contributed by atoms with Gasteiger partial charge >= 0.3 is 0 Å². The predicted octanol–water partition coefficient (Wildman–Crippen LogP) is 3.05. The lowest BCUT2D eigenvalue weighted by atomic mass is 10.1. The lowest BCUT2D eigenvalue weighted by molar-refractivity contribution is -0.116. The van der Waals surface area contributed by atoms with Gasteiger partial charge in [-0.15, -0.1) is 0 Å². The van der Waals surface area contributed by atoms with Crippen LogP contribution in [0.1, 0.15) is 18.9 Å². The second-order valence-corrected chi connectivity index (χ2v) is 7.75. The van der Waals surface area contributed by atoms with E-state index in [4.69, 9.17) is 4.74 Å². The van der Waals surface area contributed by atoms with Crippen LogP contribution in [0, 0.1) is 0 Å². The van der Waals surface area contributed by atoms with Crippen molar-refractivity contribution in [1.82, 2.24) is 0 Å². The van der Waals surface area contributed by atoms with E-state index < -0.39 is 10.0 Å². The average Bonchev–Trinajstić information content (AvgIpc) is 2.61. The molecular formula is C19H24N2O4S. The van der Waals surface area contributed by atoms with Crippen molar-refractivity contribution in [2.45, 2.75) is 19.8 Å². The van der Waals surface area contributed by atoms with Crippen LogP contribution in [0.4, 0.5) is 11.4 Å². The molecule has 0 atom stereocenters. The third-order valence-electron chi connectivity index (χ3n) is 3.96. The first kappa shape index (κ1) is 19.8. The van der Waals surface area contributed by atoms with E-state index in [1.54, 1.807) is 24.3 Å². The number of carbonyl (C=O) groups excluding carboxylic acids is 1. The van der Waals surface area contributed by atoms with E-state index in [1.165, 1.54) is 11.4 Å². The highest BCUT2D eigenvalue weighted by molar-refractivity contribution is 7.92. The standard InChI is InChI=1S/C19H24N2O4S/c1-4-15-8-5-6-11-18(15)20-19(22)12-13-21(26(3,23)24)16-9-7-10-17(14-16)25-2/h5-11,14H,4,12-13H2,1-3H3,(H,20,22). The molecular weight excluding hydrogens is 352 g/mol. The summed E-state index contributed by atoms with van der Waals surface area (Å²) in [5.41, 5.74) is 2.26. The molecule has 0 saturated heterocycles. The molecule has 0 aliphatic heterocycles.